The van der Waals surface area contributed by atoms with Gasteiger partial charge in [0.25, 0.3) is 5.69 Å². The number of aryl methyl sites for hydroxylation is 1. The first kappa shape index (κ1) is 23.2. The quantitative estimate of drug-likeness (QED) is 0.396. The molecule has 0 bridgehead atoms. The van der Waals surface area contributed by atoms with E-state index in [0.717, 1.165) is 10.6 Å². The highest BCUT2D eigenvalue weighted by Crippen LogP contribution is 2.29. The number of nitrogens with zero attached hydrogens (tertiary/aromatic N) is 2. The molecule has 0 aliphatic heterocycles. The van der Waals surface area contributed by atoms with Crippen molar-refractivity contribution >= 4 is 39.1 Å². The van der Waals surface area contributed by atoms with Gasteiger partial charge in [-0.05, 0) is 19.4 Å². The summed E-state index contributed by atoms with van der Waals surface area (Å²) in [7, 11) is -3.84. The highest BCUT2D eigenvalue weighted by Gasteiger charge is 2.31. The number of nitrogens with one attached hydrogen (secondary N) is 1. The van der Waals surface area contributed by atoms with E-state index in [0.29, 0.717) is 17.9 Å². The van der Waals surface area contributed by atoms with Crippen LogP contribution in [0.5, 0.6) is 0 Å². The maximum atomic E-state index is 12.5. The van der Waals surface area contributed by atoms with Crippen LogP contribution in [0.1, 0.15) is 33.3 Å². The number of carbonyl (C=O) groups excluding carboxylic acids is 1. The fourth-order valence-electron chi connectivity index (χ4n) is 2.41. The summed E-state index contributed by atoms with van der Waals surface area (Å²) in [6.07, 6.45) is 0.977. The Morgan fingerprint density at radius 3 is 2.44 bits per heavy atom. The third-order valence-corrected chi connectivity index (χ3v) is 6.17. The predicted octanol–water partition coefficient (Wildman–Crippen LogP) is 2.71. The Balaban J connectivity index is 3.06. The number of rotatable bonds is 8. The van der Waals surface area contributed by atoms with Crippen molar-refractivity contribution in [3.8, 4) is 0 Å². The lowest BCUT2D eigenvalue weighted by atomic mass is 10.1. The van der Waals surface area contributed by atoms with Gasteiger partial charge in [0.2, 0.25) is 15.9 Å². The van der Waals surface area contributed by atoms with E-state index in [1.807, 2.05) is 0 Å². The van der Waals surface area contributed by atoms with E-state index in [1.54, 1.807) is 18.7 Å². The number of hydrogen-bond donors (Lipinski definition) is 1. The monoisotopic (exact) mass is 417 g/mol. The zero-order valence-electron chi connectivity index (χ0n) is 16.5. The number of non-ortho nitro benzene ring substituents is 1. The molecule has 0 saturated heterocycles. The zero-order chi connectivity index (χ0) is 21.0. The second-order valence-corrected chi connectivity index (χ2v) is 11.0. The molecular formula is C17H27N3O5S2. The first-order valence-corrected chi connectivity index (χ1v) is 11.2. The van der Waals surface area contributed by atoms with Gasteiger partial charge < -0.3 is 5.32 Å². The van der Waals surface area contributed by atoms with Crippen LogP contribution in [0.15, 0.2) is 18.2 Å². The van der Waals surface area contributed by atoms with Crippen molar-refractivity contribution in [3.63, 3.8) is 0 Å². The van der Waals surface area contributed by atoms with E-state index >= 15 is 0 Å². The van der Waals surface area contributed by atoms with Crippen molar-refractivity contribution in [1.29, 1.82) is 0 Å². The third kappa shape index (κ3) is 7.02. The van der Waals surface area contributed by atoms with Crippen LogP contribution in [0.25, 0.3) is 0 Å². The smallest absolute Gasteiger partial charge is 0.271 e. The summed E-state index contributed by atoms with van der Waals surface area (Å²) in [5.41, 5.74) is 0.408. The Morgan fingerprint density at radius 1 is 1.37 bits per heavy atom. The number of hydrogen-bond acceptors (Lipinski definition) is 6. The molecule has 0 saturated carbocycles. The molecule has 27 heavy (non-hydrogen) atoms. The van der Waals surface area contributed by atoms with Gasteiger partial charge in [-0.3, -0.25) is 19.2 Å². The minimum atomic E-state index is -3.84. The Morgan fingerprint density at radius 2 is 1.96 bits per heavy atom. The molecule has 0 aliphatic carbocycles. The van der Waals surface area contributed by atoms with Crippen LogP contribution in [0.2, 0.25) is 0 Å². The molecule has 0 spiro atoms. The van der Waals surface area contributed by atoms with Crippen LogP contribution < -0.4 is 9.62 Å². The molecule has 1 amide bonds. The summed E-state index contributed by atoms with van der Waals surface area (Å²) in [5, 5.41) is 13.8. The van der Waals surface area contributed by atoms with E-state index in [9.17, 15) is 23.3 Å². The SMILES string of the molecule is Cc1ccc([N+](=O)[O-])cc1N(C(C)C(=O)NCCSC(C)(C)C)S(C)(=O)=O. The van der Waals surface area contributed by atoms with Crippen LogP contribution in [0.3, 0.4) is 0 Å². The van der Waals surface area contributed by atoms with Crippen LogP contribution in [0, 0.1) is 17.0 Å². The van der Waals surface area contributed by atoms with Crippen molar-refractivity contribution in [2.75, 3.05) is 22.9 Å². The molecule has 1 unspecified atom stereocenters. The molecule has 1 aromatic rings. The Hall–Kier alpha value is -1.81. The van der Waals surface area contributed by atoms with Crippen molar-refractivity contribution in [2.24, 2.45) is 0 Å². The molecule has 1 rings (SSSR count). The summed E-state index contributed by atoms with van der Waals surface area (Å²) in [4.78, 5) is 23.0. The molecule has 0 fully saturated rings. The molecular weight excluding hydrogens is 390 g/mol. The maximum Gasteiger partial charge on any atom is 0.271 e. The number of nitro benzene ring substituents is 1. The Bertz CT molecular complexity index is 803. The summed E-state index contributed by atoms with van der Waals surface area (Å²) in [6, 6.07) is 2.90. The number of carbonyl (C=O) groups is 1. The van der Waals surface area contributed by atoms with Crippen LogP contribution in [-0.2, 0) is 14.8 Å². The van der Waals surface area contributed by atoms with Gasteiger partial charge in [0, 0.05) is 29.2 Å². The Labute approximate surface area is 164 Å². The molecule has 1 N–H and O–H groups in total. The highest BCUT2D eigenvalue weighted by atomic mass is 32.2. The van der Waals surface area contributed by atoms with Gasteiger partial charge in [-0.25, -0.2) is 8.42 Å². The van der Waals surface area contributed by atoms with Crippen molar-refractivity contribution in [3.05, 3.63) is 33.9 Å². The zero-order valence-corrected chi connectivity index (χ0v) is 18.1. The van der Waals surface area contributed by atoms with Gasteiger partial charge in [0.05, 0.1) is 16.9 Å². The predicted molar refractivity (Wildman–Crippen MR) is 110 cm³/mol. The minimum Gasteiger partial charge on any atom is -0.353 e. The second kappa shape index (κ2) is 8.92. The number of amides is 1. The normalized spacial score (nSPS) is 13.1. The summed E-state index contributed by atoms with van der Waals surface area (Å²) < 4.78 is 25.7. The van der Waals surface area contributed by atoms with E-state index < -0.39 is 26.9 Å². The summed E-state index contributed by atoms with van der Waals surface area (Å²) in [6.45, 7) is 9.71. The lowest BCUT2D eigenvalue weighted by Gasteiger charge is -2.29. The molecule has 0 heterocycles. The van der Waals surface area contributed by atoms with Crippen LogP contribution in [0.4, 0.5) is 11.4 Å². The van der Waals surface area contributed by atoms with E-state index in [4.69, 9.17) is 0 Å². The summed E-state index contributed by atoms with van der Waals surface area (Å²) in [5.74, 6) is 0.234. The molecule has 0 radical (unpaired) electrons. The van der Waals surface area contributed by atoms with Crippen molar-refractivity contribution in [2.45, 2.75) is 45.4 Å². The highest BCUT2D eigenvalue weighted by molar-refractivity contribution is 8.00. The maximum absolute atomic E-state index is 12.5. The number of sulfonamides is 1. The van der Waals surface area contributed by atoms with Crippen molar-refractivity contribution < 1.29 is 18.1 Å². The molecule has 8 nitrogen and oxygen atoms in total. The van der Waals surface area contributed by atoms with E-state index in [2.05, 4.69) is 26.1 Å². The first-order valence-electron chi connectivity index (χ1n) is 8.40. The number of benzene rings is 1. The second-order valence-electron chi connectivity index (χ2n) is 7.21. The van der Waals surface area contributed by atoms with Gasteiger partial charge in [-0.15, -0.1) is 0 Å². The molecule has 1 atom stereocenters. The molecule has 1 aromatic carbocycles. The molecule has 0 aromatic heterocycles. The van der Waals surface area contributed by atoms with Crippen LogP contribution in [-0.4, -0.2) is 48.6 Å². The topological polar surface area (TPSA) is 110 Å². The fourth-order valence-corrected chi connectivity index (χ4v) is 4.45. The fraction of sp³-hybridized carbons (Fsp3) is 0.588. The summed E-state index contributed by atoms with van der Waals surface area (Å²) >= 11 is 1.68. The first-order chi connectivity index (χ1) is 12.2. The average molecular weight is 418 g/mol. The van der Waals surface area contributed by atoms with Crippen molar-refractivity contribution in [1.82, 2.24) is 5.32 Å². The molecule has 0 aliphatic rings. The van der Waals surface area contributed by atoms with Gasteiger partial charge in [-0.1, -0.05) is 26.8 Å². The number of thioether (sulfide) groups is 1. The van der Waals surface area contributed by atoms with Gasteiger partial charge >= 0.3 is 0 Å². The number of anilines is 1. The lowest BCUT2D eigenvalue weighted by molar-refractivity contribution is -0.384. The van der Waals surface area contributed by atoms with Crippen LogP contribution >= 0.6 is 11.8 Å². The van der Waals surface area contributed by atoms with Gasteiger partial charge in [0.1, 0.15) is 6.04 Å². The Kier molecular flexibility index (Phi) is 7.67. The van der Waals surface area contributed by atoms with E-state index in [-0.39, 0.29) is 16.1 Å². The molecule has 10 heteroatoms. The van der Waals surface area contributed by atoms with Gasteiger partial charge in [-0.2, -0.15) is 11.8 Å². The molecule has 152 valence electrons. The largest absolute Gasteiger partial charge is 0.353 e. The lowest BCUT2D eigenvalue weighted by Crippen LogP contribution is -2.48. The minimum absolute atomic E-state index is 0.0647. The van der Waals surface area contributed by atoms with E-state index in [1.165, 1.54) is 25.1 Å². The van der Waals surface area contributed by atoms with Gasteiger partial charge in [0.15, 0.2) is 0 Å². The number of nitro groups is 1. The standard InChI is InChI=1S/C17H27N3O5S2/c1-12-7-8-14(20(22)23)11-15(12)19(27(6,24)25)13(2)16(21)18-9-10-26-17(3,4)5/h7-8,11,13H,9-10H2,1-6H3,(H,18,21). The average Bonchev–Trinajstić information content (AvgIpc) is 2.50. The third-order valence-electron chi connectivity index (χ3n) is 3.67.